The average Bonchev–Trinajstić information content (AvgIpc) is 2.43. The van der Waals surface area contributed by atoms with E-state index in [0.717, 1.165) is 15.6 Å². The normalized spacial score (nSPS) is 12.4. The van der Waals surface area contributed by atoms with Crippen molar-refractivity contribution in [1.82, 2.24) is 5.43 Å². The van der Waals surface area contributed by atoms with Crippen molar-refractivity contribution >= 4 is 27.7 Å². The maximum absolute atomic E-state index is 13.4. The van der Waals surface area contributed by atoms with E-state index in [0.29, 0.717) is 6.42 Å². The van der Waals surface area contributed by atoms with Crippen molar-refractivity contribution in [3.63, 3.8) is 0 Å². The zero-order valence-corrected chi connectivity index (χ0v) is 13.5. The van der Waals surface area contributed by atoms with Crippen LogP contribution in [0.1, 0.15) is 17.2 Å². The van der Waals surface area contributed by atoms with Gasteiger partial charge in [0.2, 0.25) is 0 Å². The number of hydrogen-bond acceptors (Lipinski definition) is 3. The Labute approximate surface area is 131 Å². The zero-order chi connectivity index (χ0) is 14.5. The van der Waals surface area contributed by atoms with Gasteiger partial charge in [-0.05, 0) is 48.1 Å². The summed E-state index contributed by atoms with van der Waals surface area (Å²) in [6.07, 6.45) is 2.66. The molecule has 0 aliphatic heterocycles. The fourth-order valence-corrected chi connectivity index (χ4v) is 3.35. The van der Waals surface area contributed by atoms with E-state index in [1.165, 1.54) is 17.0 Å². The SMILES string of the molecule is CSc1ccccc1C(Cc1cc(F)cc(Br)c1)NN. The molecule has 5 heteroatoms. The predicted octanol–water partition coefficient (Wildman–Crippen LogP) is 4.06. The lowest BCUT2D eigenvalue weighted by Crippen LogP contribution is -2.30. The largest absolute Gasteiger partial charge is 0.271 e. The number of hydrazine groups is 1. The molecule has 0 saturated carbocycles. The molecule has 1 atom stereocenters. The molecule has 0 aliphatic rings. The van der Waals surface area contributed by atoms with Crippen molar-refractivity contribution in [2.45, 2.75) is 17.4 Å². The van der Waals surface area contributed by atoms with Crippen LogP contribution < -0.4 is 11.3 Å². The van der Waals surface area contributed by atoms with Gasteiger partial charge in [0.05, 0.1) is 6.04 Å². The van der Waals surface area contributed by atoms with Crippen LogP contribution in [0.4, 0.5) is 4.39 Å². The Hall–Kier alpha value is -0.880. The van der Waals surface area contributed by atoms with E-state index in [-0.39, 0.29) is 11.9 Å². The number of hydrogen-bond donors (Lipinski definition) is 2. The highest BCUT2D eigenvalue weighted by Crippen LogP contribution is 2.28. The van der Waals surface area contributed by atoms with Gasteiger partial charge in [0.25, 0.3) is 0 Å². The second-order valence-electron chi connectivity index (χ2n) is 4.44. The molecular formula is C15H16BrFN2S. The molecule has 2 nitrogen and oxygen atoms in total. The Bertz CT molecular complexity index is 572. The number of benzene rings is 2. The van der Waals surface area contributed by atoms with Crippen LogP contribution in [0.3, 0.4) is 0 Å². The van der Waals surface area contributed by atoms with E-state index in [9.17, 15) is 4.39 Å². The van der Waals surface area contributed by atoms with Crippen LogP contribution in [0, 0.1) is 5.82 Å². The molecule has 0 saturated heterocycles. The molecule has 0 amide bonds. The summed E-state index contributed by atoms with van der Waals surface area (Å²) in [5.74, 6) is 5.44. The summed E-state index contributed by atoms with van der Waals surface area (Å²) in [6.45, 7) is 0. The second kappa shape index (κ2) is 7.22. The van der Waals surface area contributed by atoms with Crippen molar-refractivity contribution in [2.24, 2.45) is 5.84 Å². The van der Waals surface area contributed by atoms with Crippen LogP contribution in [0.2, 0.25) is 0 Å². The highest BCUT2D eigenvalue weighted by Gasteiger charge is 2.14. The molecule has 0 radical (unpaired) electrons. The van der Waals surface area contributed by atoms with Gasteiger partial charge in [-0.3, -0.25) is 11.3 Å². The first-order valence-electron chi connectivity index (χ1n) is 6.18. The quantitative estimate of drug-likeness (QED) is 0.483. The maximum atomic E-state index is 13.4. The monoisotopic (exact) mass is 354 g/mol. The first-order chi connectivity index (χ1) is 9.63. The summed E-state index contributed by atoms with van der Waals surface area (Å²) in [5, 5.41) is 0. The van der Waals surface area contributed by atoms with Crippen molar-refractivity contribution in [3.8, 4) is 0 Å². The van der Waals surface area contributed by atoms with E-state index in [1.807, 2.05) is 30.5 Å². The van der Waals surface area contributed by atoms with Gasteiger partial charge < -0.3 is 0 Å². The average molecular weight is 355 g/mol. The minimum atomic E-state index is -0.247. The highest BCUT2D eigenvalue weighted by molar-refractivity contribution is 9.10. The van der Waals surface area contributed by atoms with Gasteiger partial charge in [-0.15, -0.1) is 11.8 Å². The minimum Gasteiger partial charge on any atom is -0.271 e. The van der Waals surface area contributed by atoms with Gasteiger partial charge in [-0.25, -0.2) is 4.39 Å². The molecule has 2 aromatic rings. The zero-order valence-electron chi connectivity index (χ0n) is 11.1. The van der Waals surface area contributed by atoms with Crippen LogP contribution in [0.15, 0.2) is 51.8 Å². The van der Waals surface area contributed by atoms with Gasteiger partial charge >= 0.3 is 0 Å². The summed E-state index contributed by atoms with van der Waals surface area (Å²) in [6, 6.07) is 12.9. The van der Waals surface area contributed by atoms with Crippen molar-refractivity contribution in [2.75, 3.05) is 6.26 Å². The highest BCUT2D eigenvalue weighted by atomic mass is 79.9. The standard InChI is InChI=1S/C15H16BrFN2S/c1-20-15-5-3-2-4-13(15)14(19-18)8-10-6-11(16)9-12(17)7-10/h2-7,9,14,19H,8,18H2,1H3. The Balaban J connectivity index is 2.28. The first kappa shape index (κ1) is 15.5. The number of halogens is 2. The van der Waals surface area contributed by atoms with Crippen LogP contribution in [-0.4, -0.2) is 6.26 Å². The lowest BCUT2D eigenvalue weighted by Gasteiger charge is -2.19. The molecule has 106 valence electrons. The smallest absolute Gasteiger partial charge is 0.124 e. The Kier molecular flexibility index (Phi) is 5.60. The molecule has 2 rings (SSSR count). The number of nitrogens with one attached hydrogen (secondary N) is 1. The molecule has 0 heterocycles. The maximum Gasteiger partial charge on any atom is 0.124 e. The summed E-state index contributed by atoms with van der Waals surface area (Å²) in [7, 11) is 0. The van der Waals surface area contributed by atoms with Crippen LogP contribution in [0.5, 0.6) is 0 Å². The van der Waals surface area contributed by atoms with E-state index < -0.39 is 0 Å². The number of nitrogens with two attached hydrogens (primary N) is 1. The van der Waals surface area contributed by atoms with Gasteiger partial charge in [-0.1, -0.05) is 34.1 Å². The molecule has 0 fully saturated rings. The molecule has 0 aliphatic carbocycles. The van der Waals surface area contributed by atoms with Crippen molar-refractivity contribution < 1.29 is 4.39 Å². The van der Waals surface area contributed by atoms with E-state index in [4.69, 9.17) is 5.84 Å². The van der Waals surface area contributed by atoms with Gasteiger partial charge in [0.15, 0.2) is 0 Å². The molecule has 0 spiro atoms. The Morgan fingerprint density at radius 1 is 1.30 bits per heavy atom. The molecule has 1 unspecified atom stereocenters. The van der Waals surface area contributed by atoms with Crippen molar-refractivity contribution in [3.05, 3.63) is 63.9 Å². The van der Waals surface area contributed by atoms with Crippen molar-refractivity contribution in [1.29, 1.82) is 0 Å². The summed E-state index contributed by atoms with van der Waals surface area (Å²) < 4.78 is 14.2. The molecule has 20 heavy (non-hydrogen) atoms. The van der Waals surface area contributed by atoms with E-state index in [1.54, 1.807) is 11.8 Å². The summed E-state index contributed by atoms with van der Waals surface area (Å²) in [4.78, 5) is 1.17. The number of thioether (sulfide) groups is 1. The fraction of sp³-hybridized carbons (Fsp3) is 0.200. The topological polar surface area (TPSA) is 38.0 Å². The third-order valence-electron chi connectivity index (χ3n) is 3.08. The third kappa shape index (κ3) is 3.82. The van der Waals surface area contributed by atoms with Crippen LogP contribution in [0.25, 0.3) is 0 Å². The molecule has 0 aromatic heterocycles. The molecule has 3 N–H and O–H groups in total. The summed E-state index contributed by atoms with van der Waals surface area (Å²) >= 11 is 4.99. The molecular weight excluding hydrogens is 339 g/mol. The third-order valence-corrected chi connectivity index (χ3v) is 4.35. The molecule has 0 bridgehead atoms. The van der Waals surface area contributed by atoms with Gasteiger partial charge in [0.1, 0.15) is 5.82 Å². The van der Waals surface area contributed by atoms with Crippen LogP contribution >= 0.6 is 27.7 Å². The fourth-order valence-electron chi connectivity index (χ4n) is 2.18. The van der Waals surface area contributed by atoms with E-state index in [2.05, 4.69) is 27.4 Å². The van der Waals surface area contributed by atoms with Gasteiger partial charge in [-0.2, -0.15) is 0 Å². The predicted molar refractivity (Wildman–Crippen MR) is 86.1 cm³/mol. The molecule has 2 aromatic carbocycles. The summed E-state index contributed by atoms with van der Waals surface area (Å²) in [5.41, 5.74) is 4.86. The minimum absolute atomic E-state index is 0.0488. The van der Waals surface area contributed by atoms with E-state index >= 15 is 0 Å². The number of rotatable bonds is 5. The lowest BCUT2D eigenvalue weighted by atomic mass is 9.99. The lowest BCUT2D eigenvalue weighted by molar-refractivity contribution is 0.541. The van der Waals surface area contributed by atoms with Gasteiger partial charge in [0, 0.05) is 9.37 Å². The van der Waals surface area contributed by atoms with Crippen LogP contribution in [-0.2, 0) is 6.42 Å². The Morgan fingerprint density at radius 3 is 2.70 bits per heavy atom. The Morgan fingerprint density at radius 2 is 2.05 bits per heavy atom. The second-order valence-corrected chi connectivity index (χ2v) is 6.21. The first-order valence-corrected chi connectivity index (χ1v) is 8.20.